The van der Waals surface area contributed by atoms with E-state index in [1.165, 1.54) is 12.1 Å². The maximum absolute atomic E-state index is 13.2. The van der Waals surface area contributed by atoms with Gasteiger partial charge in [0.25, 0.3) is 0 Å². The van der Waals surface area contributed by atoms with E-state index in [1.807, 2.05) is 38.1 Å². The fourth-order valence-electron chi connectivity index (χ4n) is 1.73. The smallest absolute Gasteiger partial charge is 0.126 e. The molecule has 0 radical (unpaired) electrons. The minimum atomic E-state index is -0.292. The standard InChI is InChI=1S/C15H16FNO/c1-10-3-6-13(16)9-15(10)18-11(2)12-4-7-14(17)8-5-12/h3-9,11H,17H2,1-2H3. The highest BCUT2D eigenvalue weighted by atomic mass is 19.1. The van der Waals surface area contributed by atoms with Crippen molar-refractivity contribution < 1.29 is 9.13 Å². The summed E-state index contributed by atoms with van der Waals surface area (Å²) < 4.78 is 18.9. The summed E-state index contributed by atoms with van der Waals surface area (Å²) >= 11 is 0. The van der Waals surface area contributed by atoms with Crippen molar-refractivity contribution in [1.82, 2.24) is 0 Å². The minimum absolute atomic E-state index is 0.147. The van der Waals surface area contributed by atoms with Crippen LogP contribution in [0.4, 0.5) is 10.1 Å². The summed E-state index contributed by atoms with van der Waals surface area (Å²) in [6.07, 6.45) is -0.147. The van der Waals surface area contributed by atoms with Crippen LogP contribution < -0.4 is 10.5 Å². The molecule has 2 aromatic carbocycles. The van der Waals surface area contributed by atoms with Crippen LogP contribution >= 0.6 is 0 Å². The lowest BCUT2D eigenvalue weighted by molar-refractivity contribution is 0.224. The summed E-state index contributed by atoms with van der Waals surface area (Å²) in [4.78, 5) is 0. The average molecular weight is 245 g/mol. The van der Waals surface area contributed by atoms with Crippen LogP contribution in [0.1, 0.15) is 24.2 Å². The van der Waals surface area contributed by atoms with E-state index >= 15 is 0 Å². The van der Waals surface area contributed by atoms with Crippen molar-refractivity contribution in [1.29, 1.82) is 0 Å². The molecular weight excluding hydrogens is 229 g/mol. The predicted molar refractivity (Wildman–Crippen MR) is 71.0 cm³/mol. The van der Waals surface area contributed by atoms with Gasteiger partial charge in [-0.1, -0.05) is 18.2 Å². The molecule has 3 heteroatoms. The number of rotatable bonds is 3. The Morgan fingerprint density at radius 3 is 2.44 bits per heavy atom. The number of hydrogen-bond donors (Lipinski definition) is 1. The largest absolute Gasteiger partial charge is 0.486 e. The van der Waals surface area contributed by atoms with Crippen molar-refractivity contribution in [3.8, 4) is 5.75 Å². The topological polar surface area (TPSA) is 35.2 Å². The Kier molecular flexibility index (Phi) is 3.51. The molecule has 1 atom stereocenters. The van der Waals surface area contributed by atoms with Crippen LogP contribution in [0.5, 0.6) is 5.75 Å². The lowest BCUT2D eigenvalue weighted by Gasteiger charge is -2.17. The van der Waals surface area contributed by atoms with Crippen LogP contribution in [0, 0.1) is 12.7 Å². The van der Waals surface area contributed by atoms with Gasteiger partial charge in [0, 0.05) is 11.8 Å². The Balaban J connectivity index is 2.18. The van der Waals surface area contributed by atoms with Gasteiger partial charge in [-0.15, -0.1) is 0 Å². The maximum atomic E-state index is 13.2. The average Bonchev–Trinajstić information content (AvgIpc) is 2.34. The van der Waals surface area contributed by atoms with Gasteiger partial charge in [-0.25, -0.2) is 4.39 Å². The summed E-state index contributed by atoms with van der Waals surface area (Å²) in [5.41, 5.74) is 8.27. The SMILES string of the molecule is Cc1ccc(F)cc1OC(C)c1ccc(N)cc1. The van der Waals surface area contributed by atoms with E-state index in [4.69, 9.17) is 10.5 Å². The first-order valence-corrected chi connectivity index (χ1v) is 5.84. The summed E-state index contributed by atoms with van der Waals surface area (Å²) in [6.45, 7) is 3.82. The van der Waals surface area contributed by atoms with Gasteiger partial charge in [0.15, 0.2) is 0 Å². The molecule has 0 amide bonds. The van der Waals surface area contributed by atoms with Gasteiger partial charge in [0.05, 0.1) is 0 Å². The quantitative estimate of drug-likeness (QED) is 0.833. The molecule has 0 aliphatic carbocycles. The van der Waals surface area contributed by atoms with Crippen molar-refractivity contribution in [2.45, 2.75) is 20.0 Å². The fourth-order valence-corrected chi connectivity index (χ4v) is 1.73. The van der Waals surface area contributed by atoms with Crippen LogP contribution in [-0.2, 0) is 0 Å². The Morgan fingerprint density at radius 1 is 1.11 bits per heavy atom. The molecule has 0 heterocycles. The molecule has 0 saturated carbocycles. The van der Waals surface area contributed by atoms with Gasteiger partial charge in [-0.05, 0) is 43.2 Å². The number of halogens is 1. The molecule has 2 rings (SSSR count). The van der Waals surface area contributed by atoms with Gasteiger partial charge >= 0.3 is 0 Å². The van der Waals surface area contributed by atoms with Crippen molar-refractivity contribution in [3.63, 3.8) is 0 Å². The van der Waals surface area contributed by atoms with Crippen LogP contribution in [0.25, 0.3) is 0 Å². The molecule has 2 N–H and O–H groups in total. The molecule has 2 aromatic rings. The molecule has 0 aliphatic rings. The molecule has 0 aliphatic heterocycles. The molecule has 18 heavy (non-hydrogen) atoms. The number of nitrogens with two attached hydrogens (primary N) is 1. The number of aryl methyl sites for hydroxylation is 1. The summed E-state index contributed by atoms with van der Waals surface area (Å²) in [5.74, 6) is 0.277. The summed E-state index contributed by atoms with van der Waals surface area (Å²) in [6, 6.07) is 12.0. The van der Waals surface area contributed by atoms with Crippen LogP contribution in [0.15, 0.2) is 42.5 Å². The predicted octanol–water partition coefficient (Wildman–Crippen LogP) is 3.86. The Labute approximate surface area is 106 Å². The Bertz CT molecular complexity index is 537. The van der Waals surface area contributed by atoms with Crippen molar-refractivity contribution in [2.75, 3.05) is 5.73 Å². The van der Waals surface area contributed by atoms with E-state index in [9.17, 15) is 4.39 Å². The van der Waals surface area contributed by atoms with E-state index in [1.54, 1.807) is 6.07 Å². The lowest BCUT2D eigenvalue weighted by atomic mass is 10.1. The molecule has 0 saturated heterocycles. The molecule has 2 nitrogen and oxygen atoms in total. The van der Waals surface area contributed by atoms with Gasteiger partial charge in [0.1, 0.15) is 17.7 Å². The number of ether oxygens (including phenoxy) is 1. The number of benzene rings is 2. The first-order valence-electron chi connectivity index (χ1n) is 5.84. The van der Waals surface area contributed by atoms with E-state index in [-0.39, 0.29) is 11.9 Å². The Hall–Kier alpha value is -2.03. The first kappa shape index (κ1) is 12.4. The van der Waals surface area contributed by atoms with E-state index in [2.05, 4.69) is 0 Å². The second-order valence-corrected chi connectivity index (χ2v) is 4.34. The van der Waals surface area contributed by atoms with Gasteiger partial charge < -0.3 is 10.5 Å². The van der Waals surface area contributed by atoms with Crippen molar-refractivity contribution in [2.24, 2.45) is 0 Å². The summed E-state index contributed by atoms with van der Waals surface area (Å²) in [5, 5.41) is 0. The van der Waals surface area contributed by atoms with Crippen LogP contribution in [0.2, 0.25) is 0 Å². The Morgan fingerprint density at radius 2 is 1.78 bits per heavy atom. The van der Waals surface area contributed by atoms with E-state index in [0.717, 1.165) is 11.1 Å². The molecular formula is C15H16FNO. The third-order valence-electron chi connectivity index (χ3n) is 2.86. The maximum Gasteiger partial charge on any atom is 0.126 e. The highest BCUT2D eigenvalue weighted by Gasteiger charge is 2.09. The molecule has 1 unspecified atom stereocenters. The fraction of sp³-hybridized carbons (Fsp3) is 0.200. The number of anilines is 1. The monoisotopic (exact) mass is 245 g/mol. The third kappa shape index (κ3) is 2.80. The molecule has 94 valence electrons. The van der Waals surface area contributed by atoms with Gasteiger partial charge in [0.2, 0.25) is 0 Å². The van der Waals surface area contributed by atoms with Crippen LogP contribution in [-0.4, -0.2) is 0 Å². The highest BCUT2D eigenvalue weighted by Crippen LogP contribution is 2.26. The van der Waals surface area contributed by atoms with E-state index in [0.29, 0.717) is 11.4 Å². The number of nitrogen functional groups attached to an aromatic ring is 1. The zero-order valence-corrected chi connectivity index (χ0v) is 10.5. The van der Waals surface area contributed by atoms with E-state index < -0.39 is 0 Å². The third-order valence-corrected chi connectivity index (χ3v) is 2.86. The van der Waals surface area contributed by atoms with Gasteiger partial charge in [-0.3, -0.25) is 0 Å². The second kappa shape index (κ2) is 5.08. The minimum Gasteiger partial charge on any atom is -0.486 e. The second-order valence-electron chi connectivity index (χ2n) is 4.34. The lowest BCUT2D eigenvalue weighted by Crippen LogP contribution is -2.04. The normalized spacial score (nSPS) is 12.2. The van der Waals surface area contributed by atoms with Crippen LogP contribution in [0.3, 0.4) is 0 Å². The molecule has 0 aromatic heterocycles. The summed E-state index contributed by atoms with van der Waals surface area (Å²) in [7, 11) is 0. The zero-order valence-electron chi connectivity index (χ0n) is 10.5. The van der Waals surface area contributed by atoms with Crippen molar-refractivity contribution >= 4 is 5.69 Å². The zero-order chi connectivity index (χ0) is 13.1. The molecule has 0 fully saturated rings. The first-order chi connectivity index (χ1) is 8.56. The molecule has 0 spiro atoms. The van der Waals surface area contributed by atoms with Crippen molar-refractivity contribution in [3.05, 3.63) is 59.4 Å². The highest BCUT2D eigenvalue weighted by molar-refractivity contribution is 5.40. The molecule has 0 bridgehead atoms. The van der Waals surface area contributed by atoms with Gasteiger partial charge in [-0.2, -0.15) is 0 Å². The number of hydrogen-bond acceptors (Lipinski definition) is 2.